The van der Waals surface area contributed by atoms with Gasteiger partial charge in [-0.3, -0.25) is 9.36 Å². The summed E-state index contributed by atoms with van der Waals surface area (Å²) in [6, 6.07) is 19.2. The molecule has 0 saturated carbocycles. The van der Waals surface area contributed by atoms with Crippen LogP contribution in [0.2, 0.25) is 0 Å². The Kier molecular flexibility index (Phi) is 8.18. The maximum absolute atomic E-state index is 12.9. The van der Waals surface area contributed by atoms with Crippen LogP contribution in [0.1, 0.15) is 33.5 Å². The maximum Gasteiger partial charge on any atom is 0.234 e. The summed E-state index contributed by atoms with van der Waals surface area (Å²) in [4.78, 5) is 12.9. The first-order valence-electron chi connectivity index (χ1n) is 10.9. The van der Waals surface area contributed by atoms with E-state index in [1.54, 1.807) is 21.0 Å². The molecule has 178 valence electrons. The number of hydrogen-bond acceptors (Lipinski definition) is 7. The van der Waals surface area contributed by atoms with Crippen LogP contribution >= 0.6 is 11.8 Å². The van der Waals surface area contributed by atoms with Crippen molar-refractivity contribution in [3.63, 3.8) is 0 Å². The first-order chi connectivity index (χ1) is 16.3. The fourth-order valence-electron chi connectivity index (χ4n) is 3.00. The maximum atomic E-state index is 12.9. The normalized spacial score (nSPS) is 13.6. The molecule has 1 N–H and O–H groups in total. The molecule has 0 fully saturated rings. The number of nitrogens with zero attached hydrogens (tertiary/aromatic N) is 4. The predicted octanol–water partition coefficient (Wildman–Crippen LogP) is 4.39. The minimum absolute atomic E-state index is 0.0340. The van der Waals surface area contributed by atoms with Gasteiger partial charge in [0.25, 0.3) is 0 Å². The van der Waals surface area contributed by atoms with Crippen LogP contribution in [0, 0.1) is 17.2 Å². The number of carbonyl (C=O) groups is 1. The molecule has 0 spiro atoms. The van der Waals surface area contributed by atoms with Gasteiger partial charge in [0.2, 0.25) is 5.91 Å². The minimum Gasteiger partial charge on any atom is -0.497 e. The lowest BCUT2D eigenvalue weighted by molar-refractivity contribution is -0.121. The van der Waals surface area contributed by atoms with Crippen LogP contribution in [0.5, 0.6) is 11.5 Å². The van der Waals surface area contributed by atoms with Gasteiger partial charge in [0.1, 0.15) is 23.6 Å². The van der Waals surface area contributed by atoms with E-state index < -0.39 is 10.8 Å². The molecule has 0 aliphatic carbocycles. The molecule has 1 amide bonds. The van der Waals surface area contributed by atoms with E-state index in [1.807, 2.05) is 73.0 Å². The predicted molar refractivity (Wildman–Crippen MR) is 131 cm³/mol. The molecule has 0 saturated heterocycles. The fourth-order valence-corrected chi connectivity index (χ4v) is 3.88. The third kappa shape index (κ3) is 5.88. The molecule has 3 aromatic rings. The third-order valence-corrected chi connectivity index (χ3v) is 6.61. The lowest BCUT2D eigenvalue weighted by atomic mass is 9.90. The Bertz CT molecular complexity index is 1140. The van der Waals surface area contributed by atoms with E-state index in [-0.39, 0.29) is 18.4 Å². The van der Waals surface area contributed by atoms with Gasteiger partial charge in [0.15, 0.2) is 11.0 Å². The summed E-state index contributed by atoms with van der Waals surface area (Å²) >= 11 is 1.28. The zero-order valence-electron chi connectivity index (χ0n) is 20.0. The Morgan fingerprint density at radius 3 is 2.35 bits per heavy atom. The van der Waals surface area contributed by atoms with E-state index in [9.17, 15) is 10.1 Å². The Hall–Kier alpha value is -3.51. The van der Waals surface area contributed by atoms with Crippen LogP contribution in [0.4, 0.5) is 0 Å². The van der Waals surface area contributed by atoms with Crippen molar-refractivity contribution in [2.45, 2.75) is 50.2 Å². The summed E-state index contributed by atoms with van der Waals surface area (Å²) in [6.07, 6.45) is 0. The number of rotatable bonds is 10. The minimum atomic E-state index is -0.948. The molecular formula is C25H29N5O3S. The number of benzene rings is 2. The van der Waals surface area contributed by atoms with Crippen LogP contribution in [0.3, 0.4) is 0 Å². The highest BCUT2D eigenvalue weighted by molar-refractivity contribution is 8.00. The molecule has 0 bridgehead atoms. The van der Waals surface area contributed by atoms with Gasteiger partial charge in [0, 0.05) is 5.69 Å². The Morgan fingerprint density at radius 1 is 1.12 bits per heavy atom. The molecule has 2 aromatic carbocycles. The summed E-state index contributed by atoms with van der Waals surface area (Å²) in [5, 5.41) is 21.1. The standard InChI is InChI=1S/C25H29N5O3S/c1-17(2)25(4,16-26)27-23(31)18(3)34-24-29-28-22(30(24)19-9-7-6-8-10-19)15-33-21-13-11-20(32-5)12-14-21/h6-14,17-18H,15H2,1-5H3,(H,27,31). The molecule has 0 aliphatic rings. The van der Waals surface area contributed by atoms with E-state index in [1.165, 1.54) is 11.8 Å². The van der Waals surface area contributed by atoms with E-state index in [2.05, 4.69) is 21.6 Å². The molecule has 1 aromatic heterocycles. The number of hydrogen-bond donors (Lipinski definition) is 1. The lowest BCUT2D eigenvalue weighted by Gasteiger charge is -2.28. The van der Waals surface area contributed by atoms with E-state index >= 15 is 0 Å². The smallest absolute Gasteiger partial charge is 0.234 e. The molecular weight excluding hydrogens is 450 g/mol. The molecule has 2 unspecified atom stereocenters. The van der Waals surface area contributed by atoms with Crippen LogP contribution in [0.15, 0.2) is 59.8 Å². The number of methoxy groups -OCH3 is 1. The van der Waals surface area contributed by atoms with Crippen molar-refractivity contribution < 1.29 is 14.3 Å². The van der Waals surface area contributed by atoms with Crippen molar-refractivity contribution in [2.24, 2.45) is 5.92 Å². The van der Waals surface area contributed by atoms with Gasteiger partial charge in [-0.15, -0.1) is 10.2 Å². The molecule has 8 nitrogen and oxygen atoms in total. The van der Waals surface area contributed by atoms with Gasteiger partial charge in [-0.2, -0.15) is 5.26 Å². The van der Waals surface area contributed by atoms with Gasteiger partial charge in [-0.25, -0.2) is 0 Å². The first-order valence-corrected chi connectivity index (χ1v) is 11.8. The second kappa shape index (κ2) is 11.1. The summed E-state index contributed by atoms with van der Waals surface area (Å²) in [7, 11) is 1.61. The van der Waals surface area contributed by atoms with Gasteiger partial charge in [-0.05, 0) is 56.2 Å². The zero-order valence-corrected chi connectivity index (χ0v) is 20.8. The Labute approximate surface area is 204 Å². The van der Waals surface area contributed by atoms with Crippen LogP contribution in [-0.4, -0.2) is 38.6 Å². The van der Waals surface area contributed by atoms with Gasteiger partial charge >= 0.3 is 0 Å². The number of ether oxygens (including phenoxy) is 2. The number of para-hydroxylation sites is 1. The number of nitrogens with one attached hydrogen (secondary N) is 1. The van der Waals surface area contributed by atoms with Gasteiger partial charge < -0.3 is 14.8 Å². The molecule has 0 radical (unpaired) electrons. The highest BCUT2D eigenvalue weighted by atomic mass is 32.2. The highest BCUT2D eigenvalue weighted by Gasteiger charge is 2.32. The van der Waals surface area contributed by atoms with Crippen LogP contribution in [-0.2, 0) is 11.4 Å². The van der Waals surface area contributed by atoms with E-state index in [0.29, 0.717) is 16.7 Å². The molecule has 2 atom stereocenters. The quantitative estimate of drug-likeness (QED) is 0.430. The van der Waals surface area contributed by atoms with Crippen molar-refractivity contribution in [2.75, 3.05) is 7.11 Å². The number of thioether (sulfide) groups is 1. The van der Waals surface area contributed by atoms with Crippen molar-refractivity contribution in [3.05, 3.63) is 60.4 Å². The molecule has 3 rings (SSSR count). The SMILES string of the molecule is COc1ccc(OCc2nnc(SC(C)C(=O)NC(C)(C#N)C(C)C)n2-c2ccccc2)cc1. The topological polar surface area (TPSA) is 102 Å². The van der Waals surface area contributed by atoms with E-state index in [4.69, 9.17) is 9.47 Å². The zero-order chi connectivity index (χ0) is 24.7. The summed E-state index contributed by atoms with van der Waals surface area (Å²) in [5.74, 6) is 1.75. The van der Waals surface area contributed by atoms with Gasteiger partial charge in [-0.1, -0.05) is 43.8 Å². The molecule has 0 aliphatic heterocycles. The monoisotopic (exact) mass is 479 g/mol. The Morgan fingerprint density at radius 2 is 1.76 bits per heavy atom. The number of nitriles is 1. The fraction of sp³-hybridized carbons (Fsp3) is 0.360. The van der Waals surface area contributed by atoms with E-state index in [0.717, 1.165) is 11.4 Å². The first kappa shape index (κ1) is 25.1. The average molecular weight is 480 g/mol. The van der Waals surface area contributed by atoms with Crippen LogP contribution < -0.4 is 14.8 Å². The van der Waals surface area contributed by atoms with Crippen molar-refractivity contribution >= 4 is 17.7 Å². The second-order valence-electron chi connectivity index (χ2n) is 8.25. The number of aromatic nitrogens is 3. The van der Waals surface area contributed by atoms with Crippen molar-refractivity contribution in [1.29, 1.82) is 5.26 Å². The van der Waals surface area contributed by atoms with Crippen molar-refractivity contribution in [3.8, 4) is 23.3 Å². The lowest BCUT2D eigenvalue weighted by Crippen LogP contribution is -2.51. The Balaban J connectivity index is 1.81. The average Bonchev–Trinajstić information content (AvgIpc) is 3.25. The largest absolute Gasteiger partial charge is 0.497 e. The van der Waals surface area contributed by atoms with Gasteiger partial charge in [0.05, 0.1) is 18.4 Å². The second-order valence-corrected chi connectivity index (χ2v) is 9.56. The summed E-state index contributed by atoms with van der Waals surface area (Å²) in [5.41, 5.74) is -0.0869. The number of amides is 1. The number of carbonyl (C=O) groups excluding carboxylic acids is 1. The van der Waals surface area contributed by atoms with Crippen molar-refractivity contribution in [1.82, 2.24) is 20.1 Å². The summed E-state index contributed by atoms with van der Waals surface area (Å²) in [6.45, 7) is 7.52. The molecule has 9 heteroatoms. The summed E-state index contributed by atoms with van der Waals surface area (Å²) < 4.78 is 13.0. The molecule has 1 heterocycles. The highest BCUT2D eigenvalue weighted by Crippen LogP contribution is 2.27. The van der Waals surface area contributed by atoms with Crippen LogP contribution in [0.25, 0.3) is 5.69 Å². The molecule has 34 heavy (non-hydrogen) atoms. The third-order valence-electron chi connectivity index (χ3n) is 5.56.